The lowest BCUT2D eigenvalue weighted by atomic mass is 10.1. The van der Waals surface area contributed by atoms with Crippen molar-refractivity contribution in [2.45, 2.75) is 36.7 Å². The molecule has 0 amide bonds. The Kier molecular flexibility index (Phi) is 6.31. The first-order valence-corrected chi connectivity index (χ1v) is 11.8. The molecule has 0 saturated carbocycles. The van der Waals surface area contributed by atoms with Gasteiger partial charge in [-0.3, -0.25) is 9.47 Å². The summed E-state index contributed by atoms with van der Waals surface area (Å²) in [7, 11) is 0. The molecule has 3 heterocycles. The molecule has 1 saturated heterocycles. The molecular formula is C24H24FN5OS. The number of aromatic nitrogens is 4. The van der Waals surface area contributed by atoms with Crippen LogP contribution in [0.25, 0.3) is 17.1 Å². The third kappa shape index (κ3) is 4.76. The second-order valence-electron chi connectivity index (χ2n) is 7.85. The molecule has 5 rings (SSSR count). The first-order valence-electron chi connectivity index (χ1n) is 10.8. The molecule has 0 N–H and O–H groups in total. The van der Waals surface area contributed by atoms with Gasteiger partial charge in [0.15, 0.2) is 11.0 Å². The quantitative estimate of drug-likeness (QED) is 0.355. The smallest absolute Gasteiger partial charge is 0.226 e. The van der Waals surface area contributed by atoms with Crippen molar-refractivity contribution in [2.75, 3.05) is 13.1 Å². The second kappa shape index (κ2) is 9.67. The van der Waals surface area contributed by atoms with Gasteiger partial charge in [-0.25, -0.2) is 9.37 Å². The Balaban J connectivity index is 1.37. The fraction of sp³-hybridized carbons (Fsp3) is 0.292. The van der Waals surface area contributed by atoms with Gasteiger partial charge in [0.05, 0.1) is 12.2 Å². The van der Waals surface area contributed by atoms with Crippen LogP contribution in [0, 0.1) is 5.82 Å². The number of likely N-dealkylation sites (tertiary alicyclic amines) is 1. The molecule has 0 spiro atoms. The maximum Gasteiger partial charge on any atom is 0.226 e. The van der Waals surface area contributed by atoms with Crippen LogP contribution in [0.3, 0.4) is 0 Å². The van der Waals surface area contributed by atoms with E-state index in [4.69, 9.17) is 4.42 Å². The molecule has 0 radical (unpaired) electrons. The second-order valence-corrected chi connectivity index (χ2v) is 8.79. The summed E-state index contributed by atoms with van der Waals surface area (Å²) in [4.78, 5) is 7.02. The van der Waals surface area contributed by atoms with Gasteiger partial charge in [0.1, 0.15) is 12.1 Å². The summed E-state index contributed by atoms with van der Waals surface area (Å²) in [6, 6.07) is 16.3. The molecule has 2 aromatic carbocycles. The van der Waals surface area contributed by atoms with Gasteiger partial charge < -0.3 is 4.42 Å². The highest BCUT2D eigenvalue weighted by Crippen LogP contribution is 2.27. The summed E-state index contributed by atoms with van der Waals surface area (Å²) in [5.74, 6) is 1.81. The summed E-state index contributed by atoms with van der Waals surface area (Å²) in [6.45, 7) is 2.87. The van der Waals surface area contributed by atoms with Crippen molar-refractivity contribution in [3.63, 3.8) is 0 Å². The van der Waals surface area contributed by atoms with Crippen LogP contribution in [0.15, 0.2) is 70.4 Å². The Morgan fingerprint density at radius 2 is 1.72 bits per heavy atom. The van der Waals surface area contributed by atoms with Crippen LogP contribution in [0.1, 0.15) is 30.8 Å². The highest BCUT2D eigenvalue weighted by atomic mass is 32.2. The highest BCUT2D eigenvalue weighted by Gasteiger charge is 2.19. The molecule has 1 aliphatic heterocycles. The van der Waals surface area contributed by atoms with Crippen LogP contribution in [-0.2, 0) is 12.3 Å². The van der Waals surface area contributed by atoms with Crippen molar-refractivity contribution in [1.29, 1.82) is 0 Å². The number of benzene rings is 2. The van der Waals surface area contributed by atoms with E-state index in [1.165, 1.54) is 31.4 Å². The lowest BCUT2D eigenvalue weighted by molar-refractivity contribution is 0.214. The average molecular weight is 450 g/mol. The zero-order valence-electron chi connectivity index (χ0n) is 17.7. The topological polar surface area (TPSA) is 60.0 Å². The number of rotatable bonds is 7. The van der Waals surface area contributed by atoms with Gasteiger partial charge in [0.25, 0.3) is 0 Å². The molecule has 1 aliphatic rings. The van der Waals surface area contributed by atoms with Gasteiger partial charge in [0.2, 0.25) is 5.89 Å². The molecule has 6 nitrogen and oxygen atoms in total. The summed E-state index contributed by atoms with van der Waals surface area (Å²) < 4.78 is 21.2. The van der Waals surface area contributed by atoms with Gasteiger partial charge in [-0.15, -0.1) is 10.2 Å². The molecule has 2 aromatic heterocycles. The largest absolute Gasteiger partial charge is 0.444 e. The van der Waals surface area contributed by atoms with Gasteiger partial charge in [-0.2, -0.15) is 0 Å². The molecular weight excluding hydrogens is 425 g/mol. The van der Waals surface area contributed by atoms with Gasteiger partial charge >= 0.3 is 0 Å². The Bertz CT molecular complexity index is 1150. The predicted molar refractivity (Wildman–Crippen MR) is 122 cm³/mol. The molecule has 0 bridgehead atoms. The number of nitrogens with zero attached hydrogens (tertiary/aromatic N) is 5. The summed E-state index contributed by atoms with van der Waals surface area (Å²) in [5.41, 5.74) is 2.64. The number of oxazole rings is 1. The molecule has 0 unspecified atom stereocenters. The van der Waals surface area contributed by atoms with E-state index in [9.17, 15) is 4.39 Å². The zero-order valence-corrected chi connectivity index (χ0v) is 18.5. The summed E-state index contributed by atoms with van der Waals surface area (Å²) in [5, 5.41) is 9.70. The fourth-order valence-corrected chi connectivity index (χ4v) is 4.74. The van der Waals surface area contributed by atoms with E-state index in [0.717, 1.165) is 47.6 Å². The number of halogens is 1. The van der Waals surface area contributed by atoms with Crippen LogP contribution in [-0.4, -0.2) is 37.7 Å². The van der Waals surface area contributed by atoms with E-state index in [2.05, 4.69) is 20.1 Å². The predicted octanol–water partition coefficient (Wildman–Crippen LogP) is 5.34. The van der Waals surface area contributed by atoms with Gasteiger partial charge in [-0.1, -0.05) is 36.4 Å². The first-order chi connectivity index (χ1) is 15.8. The van der Waals surface area contributed by atoms with Crippen molar-refractivity contribution < 1.29 is 8.81 Å². The van der Waals surface area contributed by atoms with Crippen molar-refractivity contribution in [3.05, 3.63) is 78.2 Å². The van der Waals surface area contributed by atoms with E-state index in [-0.39, 0.29) is 5.82 Å². The lowest BCUT2D eigenvalue weighted by Gasteiger charge is -2.26. The fourth-order valence-electron chi connectivity index (χ4n) is 3.89. The zero-order chi connectivity index (χ0) is 21.8. The standard InChI is InChI=1S/C24H24FN5OS/c25-19-9-11-21(12-10-19)30-22(15-29-13-5-2-6-14-29)27-28-24(30)32-17-20-16-31-23(26-20)18-7-3-1-4-8-18/h1,3-4,7-12,16H,2,5-6,13-15,17H2. The van der Waals surface area contributed by atoms with E-state index < -0.39 is 0 Å². The number of thioether (sulfide) groups is 1. The Labute approximate surface area is 190 Å². The SMILES string of the molecule is Fc1ccc(-n2c(CN3CCCCC3)nnc2SCc2coc(-c3ccccc3)n2)cc1. The highest BCUT2D eigenvalue weighted by molar-refractivity contribution is 7.98. The molecule has 8 heteroatoms. The molecule has 4 aromatic rings. The molecule has 1 fully saturated rings. The van der Waals surface area contributed by atoms with E-state index in [0.29, 0.717) is 11.6 Å². The average Bonchev–Trinajstić information content (AvgIpc) is 3.47. The minimum absolute atomic E-state index is 0.260. The van der Waals surface area contributed by atoms with Crippen LogP contribution in [0.5, 0.6) is 0 Å². The van der Waals surface area contributed by atoms with Gasteiger partial charge in [0, 0.05) is 17.0 Å². The molecule has 0 aliphatic carbocycles. The Morgan fingerprint density at radius 1 is 0.938 bits per heavy atom. The molecule has 0 atom stereocenters. The number of piperidine rings is 1. The molecule has 164 valence electrons. The van der Waals surface area contributed by atoms with Crippen molar-refractivity contribution in [1.82, 2.24) is 24.6 Å². The van der Waals surface area contributed by atoms with Crippen molar-refractivity contribution in [3.8, 4) is 17.1 Å². The van der Waals surface area contributed by atoms with E-state index in [1.54, 1.807) is 30.2 Å². The van der Waals surface area contributed by atoms with E-state index in [1.807, 2.05) is 34.9 Å². The summed E-state index contributed by atoms with van der Waals surface area (Å²) >= 11 is 1.55. The van der Waals surface area contributed by atoms with Crippen molar-refractivity contribution >= 4 is 11.8 Å². The van der Waals surface area contributed by atoms with Crippen LogP contribution in [0.4, 0.5) is 4.39 Å². The Hall–Kier alpha value is -2.97. The minimum atomic E-state index is -0.260. The number of hydrogen-bond donors (Lipinski definition) is 0. The van der Waals surface area contributed by atoms with Gasteiger partial charge in [-0.05, 0) is 62.3 Å². The van der Waals surface area contributed by atoms with Crippen molar-refractivity contribution in [2.24, 2.45) is 0 Å². The first kappa shape index (κ1) is 20.9. The van der Waals surface area contributed by atoms with Crippen LogP contribution >= 0.6 is 11.8 Å². The number of hydrogen-bond acceptors (Lipinski definition) is 6. The third-order valence-corrected chi connectivity index (χ3v) is 6.48. The van der Waals surface area contributed by atoms with Crippen LogP contribution < -0.4 is 0 Å². The van der Waals surface area contributed by atoms with Crippen LogP contribution in [0.2, 0.25) is 0 Å². The normalized spacial score (nSPS) is 14.7. The minimum Gasteiger partial charge on any atom is -0.444 e. The Morgan fingerprint density at radius 3 is 2.50 bits per heavy atom. The lowest BCUT2D eigenvalue weighted by Crippen LogP contribution is -2.30. The summed E-state index contributed by atoms with van der Waals surface area (Å²) in [6.07, 6.45) is 5.39. The monoisotopic (exact) mass is 449 g/mol. The molecule has 32 heavy (non-hydrogen) atoms. The maximum absolute atomic E-state index is 13.5. The maximum atomic E-state index is 13.5. The third-order valence-electron chi connectivity index (χ3n) is 5.52. The van der Waals surface area contributed by atoms with E-state index >= 15 is 0 Å².